The van der Waals surface area contributed by atoms with Gasteiger partial charge in [0, 0.05) is 32.2 Å². The van der Waals surface area contributed by atoms with E-state index in [4.69, 9.17) is 10.5 Å². The van der Waals surface area contributed by atoms with Gasteiger partial charge < -0.3 is 15.8 Å². The average Bonchev–Trinajstić information content (AvgIpc) is 2.35. The molecule has 0 aromatic carbocycles. The number of rotatable bonds is 5. The van der Waals surface area contributed by atoms with Crippen LogP contribution in [0.3, 0.4) is 0 Å². The minimum Gasteiger partial charge on any atom is -0.379 e. The van der Waals surface area contributed by atoms with E-state index in [1.54, 1.807) is 0 Å². The largest absolute Gasteiger partial charge is 0.379 e. The number of ether oxygens (including phenoxy) is 1. The van der Waals surface area contributed by atoms with Gasteiger partial charge in [-0.3, -0.25) is 9.69 Å². The highest BCUT2D eigenvalue weighted by Gasteiger charge is 2.47. The molecule has 0 spiro atoms. The molecule has 110 valence electrons. The SMILES string of the molecule is CC1CC(CN)(C(=O)NC(C)CN2CCOCC2)C1. The fourth-order valence-corrected chi connectivity index (χ4v) is 3.31. The lowest BCUT2D eigenvalue weighted by atomic mass is 9.62. The first kappa shape index (κ1) is 14.8. The molecule has 2 aliphatic rings. The number of hydrogen-bond acceptors (Lipinski definition) is 4. The van der Waals surface area contributed by atoms with Crippen LogP contribution in [0.25, 0.3) is 0 Å². The Hall–Kier alpha value is -0.650. The van der Waals surface area contributed by atoms with Gasteiger partial charge in [0.2, 0.25) is 5.91 Å². The lowest BCUT2D eigenvalue weighted by Crippen LogP contribution is -2.56. The zero-order chi connectivity index (χ0) is 13.9. The molecular formula is C14H27N3O2. The molecule has 1 saturated heterocycles. The van der Waals surface area contributed by atoms with Gasteiger partial charge in [-0.25, -0.2) is 0 Å². The van der Waals surface area contributed by atoms with Gasteiger partial charge in [-0.15, -0.1) is 0 Å². The summed E-state index contributed by atoms with van der Waals surface area (Å²) in [6.07, 6.45) is 1.86. The molecular weight excluding hydrogens is 242 g/mol. The Morgan fingerprint density at radius 2 is 2.11 bits per heavy atom. The number of nitrogens with two attached hydrogens (primary N) is 1. The summed E-state index contributed by atoms with van der Waals surface area (Å²) in [5, 5.41) is 3.14. The predicted molar refractivity (Wildman–Crippen MR) is 74.7 cm³/mol. The number of nitrogens with one attached hydrogen (secondary N) is 1. The molecule has 0 bridgehead atoms. The maximum atomic E-state index is 12.3. The zero-order valence-corrected chi connectivity index (χ0v) is 12.2. The number of morpholine rings is 1. The third kappa shape index (κ3) is 3.46. The molecule has 2 fully saturated rings. The first-order valence-electron chi connectivity index (χ1n) is 7.37. The average molecular weight is 269 g/mol. The molecule has 19 heavy (non-hydrogen) atoms. The van der Waals surface area contributed by atoms with Crippen molar-refractivity contribution in [1.29, 1.82) is 0 Å². The van der Waals surface area contributed by atoms with E-state index in [-0.39, 0.29) is 17.4 Å². The molecule has 5 nitrogen and oxygen atoms in total. The highest BCUT2D eigenvalue weighted by molar-refractivity contribution is 5.84. The maximum Gasteiger partial charge on any atom is 0.227 e. The molecule has 1 amide bonds. The Bertz CT molecular complexity index is 310. The molecule has 0 aromatic heterocycles. The van der Waals surface area contributed by atoms with Crippen LogP contribution in [0.4, 0.5) is 0 Å². The Labute approximate surface area is 115 Å². The zero-order valence-electron chi connectivity index (χ0n) is 12.2. The summed E-state index contributed by atoms with van der Waals surface area (Å²) in [6.45, 7) is 9.12. The Morgan fingerprint density at radius 1 is 1.47 bits per heavy atom. The van der Waals surface area contributed by atoms with Crippen molar-refractivity contribution >= 4 is 5.91 Å². The van der Waals surface area contributed by atoms with Crippen LogP contribution in [0.2, 0.25) is 0 Å². The fraction of sp³-hybridized carbons (Fsp3) is 0.929. The van der Waals surface area contributed by atoms with E-state index >= 15 is 0 Å². The minimum absolute atomic E-state index is 0.147. The first-order chi connectivity index (χ1) is 9.05. The summed E-state index contributed by atoms with van der Waals surface area (Å²) in [5.74, 6) is 0.776. The van der Waals surface area contributed by atoms with E-state index in [1.165, 1.54) is 0 Å². The molecule has 1 unspecified atom stereocenters. The van der Waals surface area contributed by atoms with E-state index in [1.807, 2.05) is 0 Å². The molecule has 1 saturated carbocycles. The third-order valence-corrected chi connectivity index (χ3v) is 4.36. The Kier molecular flexibility index (Phi) is 4.81. The predicted octanol–water partition coefficient (Wildman–Crippen LogP) is 0.198. The van der Waals surface area contributed by atoms with Gasteiger partial charge in [0.1, 0.15) is 0 Å². The molecule has 1 aliphatic carbocycles. The van der Waals surface area contributed by atoms with Gasteiger partial charge in [-0.2, -0.15) is 0 Å². The van der Waals surface area contributed by atoms with Crippen LogP contribution in [-0.2, 0) is 9.53 Å². The third-order valence-electron chi connectivity index (χ3n) is 4.36. The maximum absolute atomic E-state index is 12.3. The van der Waals surface area contributed by atoms with Crippen LogP contribution >= 0.6 is 0 Å². The van der Waals surface area contributed by atoms with E-state index in [0.717, 1.165) is 45.7 Å². The van der Waals surface area contributed by atoms with E-state index < -0.39 is 0 Å². The van der Waals surface area contributed by atoms with Gasteiger partial charge in [0.15, 0.2) is 0 Å². The fourth-order valence-electron chi connectivity index (χ4n) is 3.31. The van der Waals surface area contributed by atoms with Crippen molar-refractivity contribution < 1.29 is 9.53 Å². The highest BCUT2D eigenvalue weighted by atomic mass is 16.5. The number of carbonyl (C=O) groups is 1. The number of hydrogen-bond donors (Lipinski definition) is 2. The summed E-state index contributed by atoms with van der Waals surface area (Å²) in [7, 11) is 0. The second kappa shape index (κ2) is 6.20. The van der Waals surface area contributed by atoms with Crippen molar-refractivity contribution in [3.05, 3.63) is 0 Å². The highest BCUT2D eigenvalue weighted by Crippen LogP contribution is 2.44. The van der Waals surface area contributed by atoms with Crippen molar-refractivity contribution in [3.63, 3.8) is 0 Å². The van der Waals surface area contributed by atoms with Crippen LogP contribution in [0.5, 0.6) is 0 Å². The summed E-state index contributed by atoms with van der Waals surface area (Å²) in [5.41, 5.74) is 5.51. The first-order valence-corrected chi connectivity index (χ1v) is 7.37. The normalized spacial score (nSPS) is 33.5. The molecule has 1 heterocycles. The lowest BCUT2D eigenvalue weighted by Gasteiger charge is -2.45. The Balaban J connectivity index is 1.77. The standard InChI is InChI=1S/C14H27N3O2/c1-11-7-14(8-11,10-15)13(18)16-12(2)9-17-3-5-19-6-4-17/h11-12H,3-10,15H2,1-2H3,(H,16,18). The van der Waals surface area contributed by atoms with Gasteiger partial charge in [-0.1, -0.05) is 6.92 Å². The van der Waals surface area contributed by atoms with E-state index in [9.17, 15) is 4.79 Å². The van der Waals surface area contributed by atoms with Crippen molar-refractivity contribution in [2.75, 3.05) is 39.4 Å². The monoisotopic (exact) mass is 269 g/mol. The molecule has 2 rings (SSSR count). The molecule has 3 N–H and O–H groups in total. The molecule has 0 aromatic rings. The van der Waals surface area contributed by atoms with Crippen molar-refractivity contribution in [1.82, 2.24) is 10.2 Å². The van der Waals surface area contributed by atoms with E-state index in [0.29, 0.717) is 12.5 Å². The van der Waals surface area contributed by atoms with Crippen molar-refractivity contribution in [2.24, 2.45) is 17.1 Å². The topological polar surface area (TPSA) is 67.6 Å². The molecule has 5 heteroatoms. The van der Waals surface area contributed by atoms with Crippen LogP contribution in [0.15, 0.2) is 0 Å². The quantitative estimate of drug-likeness (QED) is 0.748. The van der Waals surface area contributed by atoms with Gasteiger partial charge >= 0.3 is 0 Å². The summed E-state index contributed by atoms with van der Waals surface area (Å²) < 4.78 is 5.33. The van der Waals surface area contributed by atoms with Crippen molar-refractivity contribution in [2.45, 2.75) is 32.7 Å². The van der Waals surface area contributed by atoms with E-state index in [2.05, 4.69) is 24.1 Å². The van der Waals surface area contributed by atoms with Gasteiger partial charge in [-0.05, 0) is 25.7 Å². The van der Waals surface area contributed by atoms with Gasteiger partial charge in [0.05, 0.1) is 18.6 Å². The second-order valence-corrected chi connectivity index (χ2v) is 6.29. The smallest absolute Gasteiger partial charge is 0.227 e. The number of nitrogens with zero attached hydrogens (tertiary/aromatic N) is 1. The van der Waals surface area contributed by atoms with Gasteiger partial charge in [0.25, 0.3) is 0 Å². The Morgan fingerprint density at radius 3 is 2.63 bits per heavy atom. The summed E-state index contributed by atoms with van der Waals surface area (Å²) in [6, 6.07) is 0.171. The minimum atomic E-state index is -0.293. The second-order valence-electron chi connectivity index (χ2n) is 6.29. The summed E-state index contributed by atoms with van der Waals surface area (Å²) >= 11 is 0. The van der Waals surface area contributed by atoms with Crippen LogP contribution in [0, 0.1) is 11.3 Å². The molecule has 0 radical (unpaired) electrons. The van der Waals surface area contributed by atoms with Crippen LogP contribution < -0.4 is 11.1 Å². The number of amides is 1. The van der Waals surface area contributed by atoms with Crippen LogP contribution in [0.1, 0.15) is 26.7 Å². The summed E-state index contributed by atoms with van der Waals surface area (Å²) in [4.78, 5) is 14.7. The lowest BCUT2D eigenvalue weighted by molar-refractivity contribution is -0.138. The van der Waals surface area contributed by atoms with Crippen LogP contribution in [-0.4, -0.2) is 56.2 Å². The van der Waals surface area contributed by atoms with Crippen molar-refractivity contribution in [3.8, 4) is 0 Å². The number of carbonyl (C=O) groups excluding carboxylic acids is 1. The molecule has 1 atom stereocenters. The molecule has 1 aliphatic heterocycles.